The first kappa shape index (κ1) is 22.4. The highest BCUT2D eigenvalue weighted by atomic mass is 32.1. The van der Waals surface area contributed by atoms with Crippen LogP contribution in [-0.4, -0.2) is 56.9 Å². The van der Waals surface area contributed by atoms with Gasteiger partial charge in [0.15, 0.2) is 0 Å². The smallest absolute Gasteiger partial charge is 0.410 e. The predicted octanol–water partition coefficient (Wildman–Crippen LogP) is 3.52. The van der Waals surface area contributed by atoms with Crippen molar-refractivity contribution in [2.45, 2.75) is 37.9 Å². The van der Waals surface area contributed by atoms with Gasteiger partial charge < -0.3 is 30.5 Å². The van der Waals surface area contributed by atoms with E-state index in [-0.39, 0.29) is 12.2 Å². The van der Waals surface area contributed by atoms with Gasteiger partial charge in [-0.25, -0.2) is 14.8 Å². The van der Waals surface area contributed by atoms with Gasteiger partial charge in [0.25, 0.3) is 0 Å². The number of carbonyl (C=O) groups is 1. The van der Waals surface area contributed by atoms with Gasteiger partial charge >= 0.3 is 6.09 Å². The van der Waals surface area contributed by atoms with Crippen molar-refractivity contribution in [1.82, 2.24) is 19.9 Å². The van der Waals surface area contributed by atoms with Crippen LogP contribution in [0.5, 0.6) is 5.88 Å². The standard InChI is InChI=1S/C23H26N6O4S/c1-2-32-22(30)29-12-17(13-29)33-19-4-7-25-21(28-19)27-16-9-14(8-15(24)10-16)18-11-26-20(34-18)23(31)5-3-6-23/h4,7-11,17,31H,2-3,5-6,12-13,24H2,1H3,(H,25,27,28). The molecular weight excluding hydrogens is 456 g/mol. The number of aliphatic hydroxyl groups is 1. The maximum atomic E-state index is 11.7. The molecule has 10 nitrogen and oxygen atoms in total. The Hall–Kier alpha value is -3.44. The SMILES string of the molecule is CCOC(=O)N1CC(Oc2ccnc(Nc3cc(N)cc(-c4cnc(C5(O)CCC5)s4)c3)n2)C1. The molecule has 178 valence electrons. The number of nitrogens with one attached hydrogen (secondary N) is 1. The van der Waals surface area contributed by atoms with Gasteiger partial charge in [-0.1, -0.05) is 0 Å². The molecule has 1 saturated heterocycles. The first-order chi connectivity index (χ1) is 16.4. The molecule has 3 aromatic rings. The fourth-order valence-electron chi connectivity index (χ4n) is 3.86. The van der Waals surface area contributed by atoms with Gasteiger partial charge in [0.1, 0.15) is 16.7 Å². The van der Waals surface area contributed by atoms with Crippen molar-refractivity contribution < 1.29 is 19.4 Å². The third kappa shape index (κ3) is 4.62. The lowest BCUT2D eigenvalue weighted by Crippen LogP contribution is -2.56. The first-order valence-corrected chi connectivity index (χ1v) is 12.0. The number of aromatic nitrogens is 3. The summed E-state index contributed by atoms with van der Waals surface area (Å²) >= 11 is 1.48. The fourth-order valence-corrected chi connectivity index (χ4v) is 4.91. The Morgan fingerprint density at radius 3 is 2.88 bits per heavy atom. The average molecular weight is 483 g/mol. The summed E-state index contributed by atoms with van der Waals surface area (Å²) in [6.45, 7) is 3.03. The number of anilines is 3. The van der Waals surface area contributed by atoms with Gasteiger partial charge in [0.2, 0.25) is 11.8 Å². The van der Waals surface area contributed by atoms with Crippen LogP contribution in [0, 0.1) is 0 Å². The van der Waals surface area contributed by atoms with Gasteiger partial charge in [0, 0.05) is 29.8 Å². The Morgan fingerprint density at radius 2 is 2.15 bits per heavy atom. The molecule has 4 N–H and O–H groups in total. The molecule has 0 bridgehead atoms. The highest BCUT2D eigenvalue weighted by molar-refractivity contribution is 7.15. The summed E-state index contributed by atoms with van der Waals surface area (Å²) in [5, 5.41) is 14.5. The van der Waals surface area contributed by atoms with E-state index in [4.69, 9.17) is 15.2 Å². The number of likely N-dealkylation sites (tertiary alicyclic amines) is 1. The van der Waals surface area contributed by atoms with Crippen LogP contribution < -0.4 is 15.8 Å². The van der Waals surface area contributed by atoms with Crippen LogP contribution in [0.15, 0.2) is 36.7 Å². The highest BCUT2D eigenvalue weighted by Crippen LogP contribution is 2.44. The Bertz CT molecular complexity index is 1190. The molecule has 2 aliphatic rings. The molecule has 11 heteroatoms. The fraction of sp³-hybridized carbons (Fsp3) is 0.391. The molecule has 1 saturated carbocycles. The summed E-state index contributed by atoms with van der Waals surface area (Å²) in [5.74, 6) is 0.778. The van der Waals surface area contributed by atoms with Crippen LogP contribution >= 0.6 is 11.3 Å². The first-order valence-electron chi connectivity index (χ1n) is 11.2. The summed E-state index contributed by atoms with van der Waals surface area (Å²) in [6.07, 6.45) is 5.43. The number of ether oxygens (including phenoxy) is 2. The summed E-state index contributed by atoms with van der Waals surface area (Å²) in [4.78, 5) is 27.3. The number of carbonyl (C=O) groups excluding carboxylic acids is 1. The maximum Gasteiger partial charge on any atom is 0.410 e. The molecule has 2 aromatic heterocycles. The molecule has 0 radical (unpaired) electrons. The van der Waals surface area contributed by atoms with Crippen molar-refractivity contribution in [3.8, 4) is 16.3 Å². The number of rotatable bonds is 7. The lowest BCUT2D eigenvalue weighted by molar-refractivity contribution is -0.0389. The molecule has 34 heavy (non-hydrogen) atoms. The second kappa shape index (κ2) is 9.07. The van der Waals surface area contributed by atoms with Crippen molar-refractivity contribution in [2.24, 2.45) is 0 Å². The zero-order valence-corrected chi connectivity index (χ0v) is 19.5. The van der Waals surface area contributed by atoms with Crippen molar-refractivity contribution in [3.63, 3.8) is 0 Å². The van der Waals surface area contributed by atoms with E-state index >= 15 is 0 Å². The monoisotopic (exact) mass is 482 g/mol. The molecule has 1 aliphatic heterocycles. The van der Waals surface area contributed by atoms with Crippen LogP contribution in [0.25, 0.3) is 10.4 Å². The minimum absolute atomic E-state index is 0.142. The number of thiazole rings is 1. The van der Waals surface area contributed by atoms with Crippen LogP contribution in [0.2, 0.25) is 0 Å². The molecule has 0 spiro atoms. The summed E-state index contributed by atoms with van der Waals surface area (Å²) in [6, 6.07) is 7.29. The quantitative estimate of drug-likeness (QED) is 0.432. The summed E-state index contributed by atoms with van der Waals surface area (Å²) in [7, 11) is 0. The van der Waals surface area contributed by atoms with Crippen molar-refractivity contribution in [3.05, 3.63) is 41.7 Å². The van der Waals surface area contributed by atoms with E-state index < -0.39 is 5.60 Å². The number of nitrogen functional groups attached to an aromatic ring is 1. The van der Waals surface area contributed by atoms with Crippen LogP contribution in [-0.2, 0) is 10.3 Å². The minimum atomic E-state index is -0.785. The van der Waals surface area contributed by atoms with Crippen LogP contribution in [0.4, 0.5) is 22.1 Å². The van der Waals surface area contributed by atoms with Gasteiger partial charge in [-0.15, -0.1) is 11.3 Å². The molecular formula is C23H26N6O4S. The second-order valence-electron chi connectivity index (χ2n) is 8.45. The lowest BCUT2D eigenvalue weighted by atomic mass is 9.81. The third-order valence-corrected chi connectivity index (χ3v) is 7.11. The van der Waals surface area contributed by atoms with Crippen LogP contribution in [0.3, 0.4) is 0 Å². The van der Waals surface area contributed by atoms with Gasteiger partial charge in [-0.05, 0) is 49.9 Å². The number of benzene rings is 1. The zero-order valence-electron chi connectivity index (χ0n) is 18.7. The predicted molar refractivity (Wildman–Crippen MR) is 128 cm³/mol. The molecule has 0 unspecified atom stereocenters. The Balaban J connectivity index is 1.25. The normalized spacial score (nSPS) is 16.9. The number of nitrogens with zero attached hydrogens (tertiary/aromatic N) is 4. The maximum absolute atomic E-state index is 11.7. The van der Waals surface area contributed by atoms with E-state index in [1.165, 1.54) is 11.3 Å². The Labute approximate surface area is 200 Å². The van der Waals surface area contributed by atoms with E-state index in [2.05, 4.69) is 20.3 Å². The second-order valence-corrected chi connectivity index (χ2v) is 9.48. The number of hydrogen-bond acceptors (Lipinski definition) is 10. The van der Waals surface area contributed by atoms with E-state index in [0.29, 0.717) is 37.2 Å². The molecule has 2 fully saturated rings. The van der Waals surface area contributed by atoms with E-state index in [0.717, 1.165) is 40.4 Å². The minimum Gasteiger partial charge on any atom is -0.470 e. The van der Waals surface area contributed by atoms with Crippen LogP contribution in [0.1, 0.15) is 31.2 Å². The number of hydrogen-bond donors (Lipinski definition) is 3. The van der Waals surface area contributed by atoms with Gasteiger partial charge in [-0.2, -0.15) is 4.98 Å². The molecule has 1 amide bonds. The zero-order chi connectivity index (χ0) is 23.7. The number of amides is 1. The lowest BCUT2D eigenvalue weighted by Gasteiger charge is -2.37. The topological polar surface area (TPSA) is 136 Å². The third-order valence-electron chi connectivity index (χ3n) is 5.87. The van der Waals surface area contributed by atoms with Gasteiger partial charge in [0.05, 0.1) is 24.6 Å². The van der Waals surface area contributed by atoms with E-state index in [1.54, 1.807) is 36.4 Å². The summed E-state index contributed by atoms with van der Waals surface area (Å²) in [5.41, 5.74) is 7.57. The highest BCUT2D eigenvalue weighted by Gasteiger charge is 2.39. The van der Waals surface area contributed by atoms with E-state index in [1.807, 2.05) is 12.1 Å². The van der Waals surface area contributed by atoms with Crippen molar-refractivity contribution in [1.29, 1.82) is 0 Å². The van der Waals surface area contributed by atoms with Crippen molar-refractivity contribution >= 4 is 34.8 Å². The molecule has 3 heterocycles. The molecule has 5 rings (SSSR count). The molecule has 1 aromatic carbocycles. The Morgan fingerprint density at radius 1 is 1.32 bits per heavy atom. The van der Waals surface area contributed by atoms with Crippen molar-refractivity contribution in [2.75, 3.05) is 30.7 Å². The largest absolute Gasteiger partial charge is 0.470 e. The molecule has 1 aliphatic carbocycles. The van der Waals surface area contributed by atoms with E-state index in [9.17, 15) is 9.90 Å². The average Bonchev–Trinajstić information content (AvgIpc) is 3.25. The molecule has 0 atom stereocenters. The van der Waals surface area contributed by atoms with Gasteiger partial charge in [-0.3, -0.25) is 0 Å². The Kier molecular flexibility index (Phi) is 5.96. The summed E-state index contributed by atoms with van der Waals surface area (Å²) < 4.78 is 10.8. The number of nitrogens with two attached hydrogens (primary N) is 1.